The zero-order valence-electron chi connectivity index (χ0n) is 14.8. The van der Waals surface area contributed by atoms with E-state index in [1.165, 1.54) is 0 Å². The SMILES string of the molecule is O=C1OC2(CCN(Cc3ncc[nH]3)CC2)CN1CCOc1ccccc1. The fraction of sp³-hybridized carbons (Fsp3) is 0.474. The van der Waals surface area contributed by atoms with Gasteiger partial charge >= 0.3 is 6.09 Å². The summed E-state index contributed by atoms with van der Waals surface area (Å²) in [7, 11) is 0. The molecule has 138 valence electrons. The number of carbonyl (C=O) groups is 1. The number of rotatable bonds is 6. The summed E-state index contributed by atoms with van der Waals surface area (Å²) in [6.07, 6.45) is 5.11. The molecule has 0 unspecified atom stereocenters. The molecule has 1 spiro atoms. The van der Waals surface area contributed by atoms with Crippen LogP contribution in [-0.4, -0.2) is 64.2 Å². The van der Waals surface area contributed by atoms with E-state index >= 15 is 0 Å². The lowest BCUT2D eigenvalue weighted by atomic mass is 9.91. The maximum absolute atomic E-state index is 12.2. The zero-order valence-corrected chi connectivity index (χ0v) is 14.8. The fourth-order valence-corrected chi connectivity index (χ4v) is 3.63. The van der Waals surface area contributed by atoms with Crippen LogP contribution < -0.4 is 4.74 Å². The van der Waals surface area contributed by atoms with Crippen molar-refractivity contribution in [3.8, 4) is 5.75 Å². The summed E-state index contributed by atoms with van der Waals surface area (Å²) in [5.41, 5.74) is -0.344. The molecule has 4 rings (SSSR count). The maximum Gasteiger partial charge on any atom is 0.410 e. The highest BCUT2D eigenvalue weighted by Gasteiger charge is 2.46. The van der Waals surface area contributed by atoms with Gasteiger partial charge in [0, 0.05) is 38.3 Å². The van der Waals surface area contributed by atoms with Gasteiger partial charge in [-0.3, -0.25) is 4.90 Å². The average Bonchev–Trinajstić information content (AvgIpc) is 3.27. The van der Waals surface area contributed by atoms with Crippen molar-refractivity contribution in [2.45, 2.75) is 25.0 Å². The number of carbonyl (C=O) groups excluding carboxylic acids is 1. The molecule has 2 aliphatic rings. The molecule has 0 atom stereocenters. The molecule has 2 aromatic rings. The molecular weight excluding hydrogens is 332 g/mol. The molecule has 0 radical (unpaired) electrons. The molecular formula is C19H24N4O3. The second-order valence-electron chi connectivity index (χ2n) is 6.95. The van der Waals surface area contributed by atoms with E-state index in [0.717, 1.165) is 44.0 Å². The van der Waals surface area contributed by atoms with Crippen LogP contribution in [0.5, 0.6) is 5.75 Å². The van der Waals surface area contributed by atoms with Gasteiger partial charge in [0.15, 0.2) is 0 Å². The van der Waals surface area contributed by atoms with E-state index in [1.807, 2.05) is 36.5 Å². The highest BCUT2D eigenvalue weighted by Crippen LogP contribution is 2.33. The van der Waals surface area contributed by atoms with E-state index in [2.05, 4.69) is 14.9 Å². The average molecular weight is 356 g/mol. The summed E-state index contributed by atoms with van der Waals surface area (Å²) in [5.74, 6) is 1.80. The number of para-hydroxylation sites is 1. The van der Waals surface area contributed by atoms with Crippen molar-refractivity contribution in [2.75, 3.05) is 32.8 Å². The van der Waals surface area contributed by atoms with Gasteiger partial charge in [-0.05, 0) is 12.1 Å². The molecule has 1 aromatic heterocycles. The van der Waals surface area contributed by atoms with Crippen LogP contribution in [0.1, 0.15) is 18.7 Å². The van der Waals surface area contributed by atoms with Crippen LogP contribution in [0.2, 0.25) is 0 Å². The Balaban J connectivity index is 1.25. The predicted molar refractivity (Wildman–Crippen MR) is 95.8 cm³/mol. The van der Waals surface area contributed by atoms with Crippen molar-refractivity contribution in [1.82, 2.24) is 19.8 Å². The number of nitrogens with one attached hydrogen (secondary N) is 1. The number of piperidine rings is 1. The van der Waals surface area contributed by atoms with Gasteiger partial charge in [-0.1, -0.05) is 18.2 Å². The molecule has 26 heavy (non-hydrogen) atoms. The lowest BCUT2D eigenvalue weighted by Crippen LogP contribution is -2.46. The minimum absolute atomic E-state index is 0.221. The van der Waals surface area contributed by atoms with E-state index in [0.29, 0.717) is 19.7 Å². The first-order chi connectivity index (χ1) is 12.7. The molecule has 3 heterocycles. The lowest BCUT2D eigenvalue weighted by molar-refractivity contribution is -0.00176. The summed E-state index contributed by atoms with van der Waals surface area (Å²) < 4.78 is 11.5. The molecule has 0 bridgehead atoms. The Morgan fingerprint density at radius 1 is 1.23 bits per heavy atom. The molecule has 0 saturated carbocycles. The Morgan fingerprint density at radius 3 is 2.77 bits per heavy atom. The van der Waals surface area contributed by atoms with Gasteiger partial charge in [0.1, 0.15) is 23.8 Å². The van der Waals surface area contributed by atoms with Crippen molar-refractivity contribution in [3.63, 3.8) is 0 Å². The minimum Gasteiger partial charge on any atom is -0.492 e. The van der Waals surface area contributed by atoms with Gasteiger partial charge < -0.3 is 19.4 Å². The summed E-state index contributed by atoms with van der Waals surface area (Å²) in [4.78, 5) is 23.8. The van der Waals surface area contributed by atoms with Crippen LogP contribution in [0, 0.1) is 0 Å². The van der Waals surface area contributed by atoms with Crippen molar-refractivity contribution in [3.05, 3.63) is 48.5 Å². The fourth-order valence-electron chi connectivity index (χ4n) is 3.63. The highest BCUT2D eigenvalue weighted by atomic mass is 16.6. The van der Waals surface area contributed by atoms with Gasteiger partial charge in [0.25, 0.3) is 0 Å². The number of H-pyrrole nitrogens is 1. The first kappa shape index (κ1) is 16.9. The number of benzene rings is 1. The number of aromatic nitrogens is 2. The molecule has 2 saturated heterocycles. The number of hydrogen-bond donors (Lipinski definition) is 1. The van der Waals surface area contributed by atoms with E-state index in [4.69, 9.17) is 9.47 Å². The molecule has 2 aliphatic heterocycles. The van der Waals surface area contributed by atoms with Crippen LogP contribution in [0.25, 0.3) is 0 Å². The summed E-state index contributed by atoms with van der Waals surface area (Å²) in [6, 6.07) is 9.65. The van der Waals surface area contributed by atoms with Crippen LogP contribution in [-0.2, 0) is 11.3 Å². The molecule has 1 N–H and O–H groups in total. The third-order valence-electron chi connectivity index (χ3n) is 5.11. The number of imidazole rings is 1. The molecule has 1 amide bonds. The standard InChI is InChI=1S/C19H24N4O3/c24-18-23(12-13-25-16-4-2-1-3-5-16)15-19(26-18)6-10-22(11-7-19)14-17-20-8-9-21-17/h1-5,8-9H,6-7,10-15H2,(H,20,21). The van der Waals surface area contributed by atoms with Crippen LogP contribution >= 0.6 is 0 Å². The number of aromatic amines is 1. The van der Waals surface area contributed by atoms with Gasteiger partial charge in [0.05, 0.1) is 19.6 Å². The Bertz CT molecular complexity index is 712. The van der Waals surface area contributed by atoms with Crippen molar-refractivity contribution in [1.29, 1.82) is 0 Å². The number of hydrogen-bond acceptors (Lipinski definition) is 5. The number of amides is 1. The van der Waals surface area contributed by atoms with E-state index in [-0.39, 0.29) is 11.7 Å². The first-order valence-electron chi connectivity index (χ1n) is 9.09. The van der Waals surface area contributed by atoms with Crippen LogP contribution in [0.3, 0.4) is 0 Å². The molecule has 0 aliphatic carbocycles. The van der Waals surface area contributed by atoms with Crippen LogP contribution in [0.4, 0.5) is 4.79 Å². The monoisotopic (exact) mass is 356 g/mol. The van der Waals surface area contributed by atoms with Crippen LogP contribution in [0.15, 0.2) is 42.7 Å². The Labute approximate surface area is 152 Å². The molecule has 1 aromatic carbocycles. The minimum atomic E-state index is -0.344. The third kappa shape index (κ3) is 3.83. The van der Waals surface area contributed by atoms with E-state index in [9.17, 15) is 4.79 Å². The lowest BCUT2D eigenvalue weighted by Gasteiger charge is -2.37. The second-order valence-corrected chi connectivity index (χ2v) is 6.95. The van der Waals surface area contributed by atoms with Gasteiger partial charge in [-0.15, -0.1) is 0 Å². The highest BCUT2D eigenvalue weighted by molar-refractivity contribution is 5.70. The Hall–Kier alpha value is -2.54. The quantitative estimate of drug-likeness (QED) is 0.860. The topological polar surface area (TPSA) is 70.7 Å². The Morgan fingerprint density at radius 2 is 2.04 bits per heavy atom. The zero-order chi connectivity index (χ0) is 17.8. The van der Waals surface area contributed by atoms with E-state index in [1.54, 1.807) is 11.1 Å². The van der Waals surface area contributed by atoms with Gasteiger partial charge in [-0.2, -0.15) is 0 Å². The first-order valence-corrected chi connectivity index (χ1v) is 9.09. The Kier molecular flexibility index (Phi) is 4.79. The van der Waals surface area contributed by atoms with Crippen molar-refractivity contribution >= 4 is 6.09 Å². The van der Waals surface area contributed by atoms with Gasteiger partial charge in [-0.25, -0.2) is 9.78 Å². The molecule has 7 heteroatoms. The maximum atomic E-state index is 12.2. The predicted octanol–water partition coefficient (Wildman–Crippen LogP) is 2.28. The summed E-state index contributed by atoms with van der Waals surface area (Å²) in [6.45, 7) is 4.29. The normalized spacial score (nSPS) is 19.7. The summed E-state index contributed by atoms with van der Waals surface area (Å²) >= 11 is 0. The smallest absolute Gasteiger partial charge is 0.410 e. The van der Waals surface area contributed by atoms with Crippen molar-refractivity contribution < 1.29 is 14.3 Å². The van der Waals surface area contributed by atoms with Crippen molar-refractivity contribution in [2.24, 2.45) is 0 Å². The largest absolute Gasteiger partial charge is 0.492 e. The summed E-state index contributed by atoms with van der Waals surface area (Å²) in [5, 5.41) is 0. The molecule has 7 nitrogen and oxygen atoms in total. The van der Waals surface area contributed by atoms with E-state index < -0.39 is 0 Å². The number of ether oxygens (including phenoxy) is 2. The number of nitrogens with zero attached hydrogens (tertiary/aromatic N) is 3. The van der Waals surface area contributed by atoms with Gasteiger partial charge in [0.2, 0.25) is 0 Å². The molecule has 2 fully saturated rings. The third-order valence-corrected chi connectivity index (χ3v) is 5.11. The number of likely N-dealkylation sites (tertiary alicyclic amines) is 1. The second kappa shape index (κ2) is 7.37.